The van der Waals surface area contributed by atoms with Crippen molar-refractivity contribution in [1.82, 2.24) is 15.5 Å². The molecule has 0 aliphatic carbocycles. The highest BCUT2D eigenvalue weighted by molar-refractivity contribution is 6.30. The standard InChI is InChI=1S/C18H25ClF2N4O2/c1-2-22-18(24-12-16(26)25-8-4-3-5-9-25)23-11-13-10-14(19)6-7-15(13)27-17(20)21/h6-7,10,17H,2-5,8-9,11-12H2,1H3,(H2,22,23,24). The van der Waals surface area contributed by atoms with Crippen molar-refractivity contribution >= 4 is 23.5 Å². The molecule has 1 aromatic carbocycles. The molecule has 2 rings (SSSR count). The number of hydrogen-bond donors (Lipinski definition) is 2. The number of nitrogens with one attached hydrogen (secondary N) is 2. The lowest BCUT2D eigenvalue weighted by atomic mass is 10.1. The average molecular weight is 403 g/mol. The van der Waals surface area contributed by atoms with Gasteiger partial charge in [-0.2, -0.15) is 8.78 Å². The predicted octanol–water partition coefficient (Wildman–Crippen LogP) is 3.01. The summed E-state index contributed by atoms with van der Waals surface area (Å²) in [6, 6.07) is 4.40. The summed E-state index contributed by atoms with van der Waals surface area (Å²) in [5.41, 5.74) is 0.433. The first-order valence-corrected chi connectivity index (χ1v) is 9.40. The van der Waals surface area contributed by atoms with E-state index in [0.717, 1.165) is 32.4 Å². The Bertz CT molecular complexity index is 652. The maximum Gasteiger partial charge on any atom is 0.387 e. The van der Waals surface area contributed by atoms with Crippen molar-refractivity contribution in [3.8, 4) is 5.75 Å². The summed E-state index contributed by atoms with van der Waals surface area (Å²) >= 11 is 5.95. The first kappa shape index (κ1) is 21.2. The number of rotatable bonds is 7. The van der Waals surface area contributed by atoms with Gasteiger partial charge in [-0.3, -0.25) is 4.79 Å². The third-order valence-corrected chi connectivity index (χ3v) is 4.34. The van der Waals surface area contributed by atoms with Crippen LogP contribution in [-0.4, -0.2) is 49.6 Å². The van der Waals surface area contributed by atoms with Crippen LogP contribution in [0, 0.1) is 0 Å². The smallest absolute Gasteiger partial charge is 0.387 e. The topological polar surface area (TPSA) is 66.0 Å². The summed E-state index contributed by atoms with van der Waals surface area (Å²) in [6.07, 6.45) is 3.22. The van der Waals surface area contributed by atoms with E-state index in [4.69, 9.17) is 11.6 Å². The van der Waals surface area contributed by atoms with Crippen molar-refractivity contribution in [2.24, 2.45) is 4.99 Å². The second-order valence-electron chi connectivity index (χ2n) is 6.12. The van der Waals surface area contributed by atoms with Crippen LogP contribution in [0.25, 0.3) is 0 Å². The third-order valence-electron chi connectivity index (χ3n) is 4.11. The number of alkyl halides is 2. The monoisotopic (exact) mass is 402 g/mol. The molecule has 150 valence electrons. The van der Waals surface area contributed by atoms with Gasteiger partial charge in [-0.25, -0.2) is 4.99 Å². The number of halogens is 3. The van der Waals surface area contributed by atoms with Crippen LogP contribution in [-0.2, 0) is 11.3 Å². The fraction of sp³-hybridized carbons (Fsp3) is 0.556. The summed E-state index contributed by atoms with van der Waals surface area (Å²) in [4.78, 5) is 18.4. The Hall–Kier alpha value is -2.09. The van der Waals surface area contributed by atoms with Crippen LogP contribution in [0.1, 0.15) is 31.7 Å². The lowest BCUT2D eigenvalue weighted by molar-refractivity contribution is -0.130. The predicted molar refractivity (Wildman–Crippen MR) is 101 cm³/mol. The van der Waals surface area contributed by atoms with E-state index in [1.165, 1.54) is 18.2 Å². The summed E-state index contributed by atoms with van der Waals surface area (Å²) in [5.74, 6) is 0.467. The van der Waals surface area contributed by atoms with Crippen LogP contribution >= 0.6 is 11.6 Å². The maximum absolute atomic E-state index is 12.5. The lowest BCUT2D eigenvalue weighted by Crippen LogP contribution is -2.46. The number of hydrogen-bond acceptors (Lipinski definition) is 3. The minimum absolute atomic E-state index is 0.0183. The van der Waals surface area contributed by atoms with Crippen LogP contribution in [0.5, 0.6) is 5.75 Å². The van der Waals surface area contributed by atoms with Gasteiger partial charge in [-0.05, 0) is 44.4 Å². The first-order chi connectivity index (χ1) is 13.0. The van der Waals surface area contributed by atoms with E-state index in [9.17, 15) is 13.6 Å². The van der Waals surface area contributed by atoms with Gasteiger partial charge in [0.2, 0.25) is 5.91 Å². The molecular weight excluding hydrogens is 378 g/mol. The number of carbonyl (C=O) groups excluding carboxylic acids is 1. The van der Waals surface area contributed by atoms with Crippen molar-refractivity contribution in [3.63, 3.8) is 0 Å². The van der Waals surface area contributed by atoms with E-state index in [0.29, 0.717) is 23.1 Å². The average Bonchev–Trinajstić information content (AvgIpc) is 2.66. The van der Waals surface area contributed by atoms with Gasteiger partial charge in [0.25, 0.3) is 0 Å². The van der Waals surface area contributed by atoms with Crippen molar-refractivity contribution in [2.75, 3.05) is 26.2 Å². The number of amides is 1. The van der Waals surface area contributed by atoms with Gasteiger partial charge in [0.05, 0.1) is 13.1 Å². The number of guanidine groups is 1. The molecule has 1 aliphatic rings. The minimum atomic E-state index is -2.93. The van der Waals surface area contributed by atoms with Crippen molar-refractivity contribution in [2.45, 2.75) is 39.3 Å². The Balaban J connectivity index is 2.00. The second-order valence-corrected chi connectivity index (χ2v) is 6.56. The molecule has 0 bridgehead atoms. The normalized spacial score (nSPS) is 15.0. The molecule has 0 atom stereocenters. The van der Waals surface area contributed by atoms with Gasteiger partial charge in [-0.15, -0.1) is 0 Å². The molecule has 1 aromatic rings. The van der Waals surface area contributed by atoms with E-state index < -0.39 is 6.61 Å². The van der Waals surface area contributed by atoms with E-state index in [-0.39, 0.29) is 24.7 Å². The molecule has 1 saturated heterocycles. The van der Waals surface area contributed by atoms with Crippen LogP contribution in [0.3, 0.4) is 0 Å². The lowest BCUT2D eigenvalue weighted by Gasteiger charge is -2.27. The third kappa shape index (κ3) is 7.21. The molecular formula is C18H25ClF2N4O2. The summed E-state index contributed by atoms with van der Waals surface area (Å²) < 4.78 is 29.6. The minimum Gasteiger partial charge on any atom is -0.434 e. The van der Waals surface area contributed by atoms with Gasteiger partial charge in [0, 0.05) is 30.2 Å². The van der Waals surface area contributed by atoms with Gasteiger partial charge >= 0.3 is 6.61 Å². The summed E-state index contributed by atoms with van der Waals surface area (Å²) in [7, 11) is 0. The van der Waals surface area contributed by atoms with E-state index in [1.807, 2.05) is 11.8 Å². The molecule has 0 radical (unpaired) electrons. The highest BCUT2D eigenvalue weighted by Gasteiger charge is 2.16. The molecule has 1 fully saturated rings. The van der Waals surface area contributed by atoms with Crippen LogP contribution < -0.4 is 15.4 Å². The number of likely N-dealkylation sites (tertiary alicyclic amines) is 1. The molecule has 1 amide bonds. The van der Waals surface area contributed by atoms with Gasteiger partial charge in [0.1, 0.15) is 5.75 Å². The van der Waals surface area contributed by atoms with Crippen molar-refractivity contribution in [1.29, 1.82) is 0 Å². The van der Waals surface area contributed by atoms with Gasteiger partial charge in [-0.1, -0.05) is 11.6 Å². The van der Waals surface area contributed by atoms with Gasteiger partial charge < -0.3 is 20.3 Å². The van der Waals surface area contributed by atoms with Crippen LogP contribution in [0.2, 0.25) is 5.02 Å². The highest BCUT2D eigenvalue weighted by Crippen LogP contribution is 2.25. The van der Waals surface area contributed by atoms with E-state index >= 15 is 0 Å². The molecule has 0 unspecified atom stereocenters. The Kier molecular flexibility index (Phi) is 8.57. The number of ether oxygens (including phenoxy) is 1. The fourth-order valence-corrected chi connectivity index (χ4v) is 3.00. The van der Waals surface area contributed by atoms with Crippen LogP contribution in [0.15, 0.2) is 23.2 Å². The summed E-state index contributed by atoms with van der Waals surface area (Å²) in [5, 5.41) is 6.42. The molecule has 0 saturated carbocycles. The number of benzene rings is 1. The molecule has 6 nitrogen and oxygen atoms in total. The zero-order valence-corrected chi connectivity index (χ0v) is 16.1. The first-order valence-electron chi connectivity index (χ1n) is 9.02. The largest absolute Gasteiger partial charge is 0.434 e. The maximum atomic E-state index is 12.5. The number of piperidine rings is 1. The summed E-state index contributed by atoms with van der Waals surface area (Å²) in [6.45, 7) is 1.34. The molecule has 2 N–H and O–H groups in total. The fourth-order valence-electron chi connectivity index (χ4n) is 2.80. The zero-order valence-electron chi connectivity index (χ0n) is 15.3. The quantitative estimate of drug-likeness (QED) is 0.543. The molecule has 27 heavy (non-hydrogen) atoms. The molecule has 0 aromatic heterocycles. The van der Waals surface area contributed by atoms with Gasteiger partial charge in [0.15, 0.2) is 5.96 Å². The SMILES string of the molecule is CCNC(=NCc1cc(Cl)ccc1OC(F)F)NCC(=O)N1CCCCC1. The van der Waals surface area contributed by atoms with E-state index in [1.54, 1.807) is 0 Å². The Labute approximate surface area is 162 Å². The Morgan fingerprint density at radius 1 is 1.30 bits per heavy atom. The molecule has 1 aliphatic heterocycles. The molecule has 9 heteroatoms. The Morgan fingerprint density at radius 3 is 2.70 bits per heavy atom. The van der Waals surface area contributed by atoms with Crippen molar-refractivity contribution in [3.05, 3.63) is 28.8 Å². The zero-order chi connectivity index (χ0) is 19.6. The van der Waals surface area contributed by atoms with Crippen molar-refractivity contribution < 1.29 is 18.3 Å². The van der Waals surface area contributed by atoms with Crippen LogP contribution in [0.4, 0.5) is 8.78 Å². The highest BCUT2D eigenvalue weighted by atomic mass is 35.5. The number of carbonyl (C=O) groups is 1. The number of nitrogens with zero attached hydrogens (tertiary/aromatic N) is 2. The van der Waals surface area contributed by atoms with E-state index in [2.05, 4.69) is 20.4 Å². The molecule has 1 heterocycles. The Morgan fingerprint density at radius 2 is 2.04 bits per heavy atom. The molecule has 0 spiro atoms. The number of aliphatic imine (C=N–C) groups is 1. The second kappa shape index (κ2) is 10.9.